The van der Waals surface area contributed by atoms with Gasteiger partial charge in [0.05, 0.1) is 11.4 Å². The smallest absolute Gasteiger partial charge is 0.160 e. The first kappa shape index (κ1) is 27.4. The third-order valence-corrected chi connectivity index (χ3v) is 9.81. The average Bonchev–Trinajstić information content (AvgIpc) is 3.37. The van der Waals surface area contributed by atoms with Crippen LogP contribution in [0.25, 0.3) is 77.7 Å². The number of nitrogens with zero attached hydrogens (tertiary/aromatic N) is 3. The molecule has 3 heteroatoms. The number of aromatic nitrogens is 3. The Morgan fingerprint density at radius 1 is 0.447 bits per heavy atom. The standard InChI is InChI=1S/C44H31N3/c1-44(2)38-21-17-28-10-6-7-13-33(28)42(38)37-18-16-31(26-39(37)44)32-19-20-36(35-15-9-8-14-34(32)35)41-27-40(29-22-24-45-25-23-29)46-43(47-41)30-11-4-3-5-12-30/h3-27H,1-2H3. The Labute approximate surface area is 274 Å². The van der Waals surface area contributed by atoms with E-state index < -0.39 is 0 Å². The SMILES string of the molecule is CC1(C)c2cc(-c3ccc(-c4cc(-c5ccncc5)nc(-c5ccccc5)n4)c4ccccc34)ccc2-c2c1ccc1ccccc21. The topological polar surface area (TPSA) is 38.7 Å². The summed E-state index contributed by atoms with van der Waals surface area (Å²) in [6.07, 6.45) is 3.62. The molecule has 3 nitrogen and oxygen atoms in total. The van der Waals surface area contributed by atoms with Crippen molar-refractivity contribution in [2.45, 2.75) is 19.3 Å². The van der Waals surface area contributed by atoms with Crippen molar-refractivity contribution in [3.05, 3.63) is 163 Å². The minimum Gasteiger partial charge on any atom is -0.265 e. The van der Waals surface area contributed by atoms with Crippen LogP contribution >= 0.6 is 0 Å². The summed E-state index contributed by atoms with van der Waals surface area (Å²) in [6, 6.07) is 49.9. The number of rotatable bonds is 4. The summed E-state index contributed by atoms with van der Waals surface area (Å²) < 4.78 is 0. The summed E-state index contributed by atoms with van der Waals surface area (Å²) in [5.41, 5.74) is 12.7. The monoisotopic (exact) mass is 601 g/mol. The van der Waals surface area contributed by atoms with E-state index in [0.717, 1.165) is 33.5 Å². The Bertz CT molecular complexity index is 2420. The molecule has 0 N–H and O–H groups in total. The van der Waals surface area contributed by atoms with E-state index in [9.17, 15) is 0 Å². The van der Waals surface area contributed by atoms with E-state index in [1.54, 1.807) is 0 Å². The largest absolute Gasteiger partial charge is 0.265 e. The lowest BCUT2D eigenvalue weighted by molar-refractivity contribution is 0.661. The maximum absolute atomic E-state index is 5.14. The zero-order chi connectivity index (χ0) is 31.5. The van der Waals surface area contributed by atoms with Crippen molar-refractivity contribution >= 4 is 21.5 Å². The van der Waals surface area contributed by atoms with Gasteiger partial charge in [-0.05, 0) is 79.2 Å². The fraction of sp³-hybridized carbons (Fsp3) is 0.0682. The predicted molar refractivity (Wildman–Crippen MR) is 194 cm³/mol. The van der Waals surface area contributed by atoms with Crippen LogP contribution in [0, 0.1) is 0 Å². The summed E-state index contributed by atoms with van der Waals surface area (Å²) in [7, 11) is 0. The number of pyridine rings is 1. The van der Waals surface area contributed by atoms with Gasteiger partial charge in [-0.15, -0.1) is 0 Å². The Hall–Kier alpha value is -5.93. The molecule has 47 heavy (non-hydrogen) atoms. The number of hydrogen-bond donors (Lipinski definition) is 0. The minimum absolute atomic E-state index is 0.0986. The molecule has 0 aliphatic heterocycles. The molecule has 1 aliphatic carbocycles. The van der Waals surface area contributed by atoms with E-state index >= 15 is 0 Å². The predicted octanol–water partition coefficient (Wildman–Crippen LogP) is 11.2. The second-order valence-corrected chi connectivity index (χ2v) is 12.9. The summed E-state index contributed by atoms with van der Waals surface area (Å²) in [4.78, 5) is 14.4. The van der Waals surface area contributed by atoms with Gasteiger partial charge in [0.15, 0.2) is 5.82 Å². The van der Waals surface area contributed by atoms with Gasteiger partial charge in [-0.1, -0.05) is 129 Å². The highest BCUT2D eigenvalue weighted by molar-refractivity contribution is 6.06. The lowest BCUT2D eigenvalue weighted by Crippen LogP contribution is -2.15. The van der Waals surface area contributed by atoms with Crippen molar-refractivity contribution in [2.75, 3.05) is 0 Å². The van der Waals surface area contributed by atoms with Crippen molar-refractivity contribution in [1.29, 1.82) is 0 Å². The Kier molecular flexibility index (Phi) is 6.16. The van der Waals surface area contributed by atoms with E-state index in [1.807, 2.05) is 42.7 Å². The molecule has 0 atom stereocenters. The lowest BCUT2D eigenvalue weighted by Gasteiger charge is -2.22. The van der Waals surface area contributed by atoms with Crippen LogP contribution in [-0.2, 0) is 5.41 Å². The molecule has 0 fully saturated rings. The van der Waals surface area contributed by atoms with E-state index in [-0.39, 0.29) is 5.41 Å². The molecule has 2 heterocycles. The van der Waals surface area contributed by atoms with Crippen molar-refractivity contribution < 1.29 is 0 Å². The molecule has 0 amide bonds. The zero-order valence-electron chi connectivity index (χ0n) is 26.3. The first-order chi connectivity index (χ1) is 23.1. The molecule has 222 valence electrons. The second-order valence-electron chi connectivity index (χ2n) is 12.9. The molecule has 0 bridgehead atoms. The fourth-order valence-electron chi connectivity index (χ4n) is 7.42. The highest BCUT2D eigenvalue weighted by Crippen LogP contribution is 2.52. The highest BCUT2D eigenvalue weighted by Gasteiger charge is 2.36. The van der Waals surface area contributed by atoms with Crippen molar-refractivity contribution in [3.63, 3.8) is 0 Å². The van der Waals surface area contributed by atoms with E-state index in [4.69, 9.17) is 9.97 Å². The molecule has 0 saturated heterocycles. The summed E-state index contributed by atoms with van der Waals surface area (Å²) in [5.74, 6) is 0.705. The van der Waals surface area contributed by atoms with Gasteiger partial charge in [0, 0.05) is 34.5 Å². The Morgan fingerprint density at radius 3 is 1.91 bits per heavy atom. The van der Waals surface area contributed by atoms with Crippen LogP contribution in [0.15, 0.2) is 152 Å². The summed E-state index contributed by atoms with van der Waals surface area (Å²) >= 11 is 0. The third-order valence-electron chi connectivity index (χ3n) is 9.81. The van der Waals surface area contributed by atoms with Gasteiger partial charge in [0.1, 0.15) is 0 Å². The molecule has 0 unspecified atom stereocenters. The number of hydrogen-bond acceptors (Lipinski definition) is 3. The quantitative estimate of drug-likeness (QED) is 0.201. The molecule has 8 aromatic rings. The first-order valence-corrected chi connectivity index (χ1v) is 16.1. The number of benzene rings is 6. The molecule has 6 aromatic carbocycles. The minimum atomic E-state index is -0.0986. The van der Waals surface area contributed by atoms with Crippen molar-refractivity contribution in [1.82, 2.24) is 15.0 Å². The van der Waals surface area contributed by atoms with Crippen LogP contribution in [-0.4, -0.2) is 15.0 Å². The molecule has 2 aromatic heterocycles. The van der Waals surface area contributed by atoms with Gasteiger partial charge >= 0.3 is 0 Å². The Balaban J connectivity index is 1.21. The molecule has 0 spiro atoms. The molecule has 0 radical (unpaired) electrons. The number of fused-ring (bicyclic) bond motifs is 6. The van der Waals surface area contributed by atoms with Gasteiger partial charge in [-0.25, -0.2) is 9.97 Å². The zero-order valence-corrected chi connectivity index (χ0v) is 26.3. The van der Waals surface area contributed by atoms with Crippen LogP contribution in [0.5, 0.6) is 0 Å². The van der Waals surface area contributed by atoms with Crippen LogP contribution < -0.4 is 0 Å². The van der Waals surface area contributed by atoms with Crippen LogP contribution in [0.1, 0.15) is 25.0 Å². The van der Waals surface area contributed by atoms with E-state index in [0.29, 0.717) is 5.82 Å². The average molecular weight is 602 g/mol. The normalized spacial score (nSPS) is 13.1. The first-order valence-electron chi connectivity index (χ1n) is 16.1. The van der Waals surface area contributed by atoms with Gasteiger partial charge in [-0.3, -0.25) is 4.98 Å². The van der Waals surface area contributed by atoms with Gasteiger partial charge in [0.25, 0.3) is 0 Å². The molecular formula is C44H31N3. The van der Waals surface area contributed by atoms with Gasteiger partial charge in [0.2, 0.25) is 0 Å². The highest BCUT2D eigenvalue weighted by atomic mass is 14.9. The second kappa shape index (κ2) is 10.6. The molecule has 1 aliphatic rings. The fourth-order valence-corrected chi connectivity index (χ4v) is 7.42. The van der Waals surface area contributed by atoms with Crippen molar-refractivity contribution in [3.8, 4) is 56.2 Å². The van der Waals surface area contributed by atoms with Crippen molar-refractivity contribution in [2.24, 2.45) is 0 Å². The van der Waals surface area contributed by atoms with Gasteiger partial charge in [-0.2, -0.15) is 0 Å². The Morgan fingerprint density at radius 2 is 1.11 bits per heavy atom. The summed E-state index contributed by atoms with van der Waals surface area (Å²) in [6.45, 7) is 4.72. The maximum Gasteiger partial charge on any atom is 0.160 e. The van der Waals surface area contributed by atoms with Crippen LogP contribution in [0.3, 0.4) is 0 Å². The van der Waals surface area contributed by atoms with Gasteiger partial charge < -0.3 is 0 Å². The molecular weight excluding hydrogens is 571 g/mol. The summed E-state index contributed by atoms with van der Waals surface area (Å²) in [5, 5.41) is 4.98. The molecule has 9 rings (SSSR count). The van der Waals surface area contributed by atoms with E-state index in [1.165, 1.54) is 49.5 Å². The molecule has 0 saturated carbocycles. The maximum atomic E-state index is 5.14. The lowest BCUT2D eigenvalue weighted by atomic mass is 9.81. The van der Waals surface area contributed by atoms with Crippen LogP contribution in [0.2, 0.25) is 0 Å². The van der Waals surface area contributed by atoms with E-state index in [2.05, 4.69) is 128 Å². The van der Waals surface area contributed by atoms with Crippen LogP contribution in [0.4, 0.5) is 0 Å². The third kappa shape index (κ3) is 4.39.